The van der Waals surface area contributed by atoms with Crippen molar-refractivity contribution in [2.24, 2.45) is 0 Å². The minimum absolute atomic E-state index is 0.00506. The number of nitro groups is 1. The molecule has 18 heavy (non-hydrogen) atoms. The van der Waals surface area contributed by atoms with Gasteiger partial charge >= 0.3 is 5.97 Å². The summed E-state index contributed by atoms with van der Waals surface area (Å²) >= 11 is 0. The molecule has 0 spiro atoms. The molecule has 0 radical (unpaired) electrons. The standard InChI is InChI=1S/C12H12N2O4/c1-3-10-8(6-11(15)18-2)4-5-9(7-13)12(10)14(16)17/h4-5H,3,6H2,1-2H3. The van der Waals surface area contributed by atoms with Crippen LogP contribution in [-0.4, -0.2) is 18.0 Å². The number of methoxy groups -OCH3 is 1. The maximum absolute atomic E-state index is 11.2. The van der Waals surface area contributed by atoms with Gasteiger partial charge in [-0.05, 0) is 18.1 Å². The van der Waals surface area contributed by atoms with E-state index in [1.54, 1.807) is 19.1 Å². The van der Waals surface area contributed by atoms with E-state index in [4.69, 9.17) is 5.26 Å². The summed E-state index contributed by atoms with van der Waals surface area (Å²) in [5.74, 6) is -0.469. The summed E-state index contributed by atoms with van der Waals surface area (Å²) in [5, 5.41) is 19.9. The first kappa shape index (κ1) is 13.6. The molecule has 0 heterocycles. The quantitative estimate of drug-likeness (QED) is 0.459. The van der Waals surface area contributed by atoms with Crippen molar-refractivity contribution in [2.75, 3.05) is 7.11 Å². The Morgan fingerprint density at radius 2 is 2.22 bits per heavy atom. The number of nitriles is 1. The number of hydrogen-bond acceptors (Lipinski definition) is 5. The second-order valence-corrected chi connectivity index (χ2v) is 3.57. The Morgan fingerprint density at radius 3 is 2.67 bits per heavy atom. The molecule has 6 heteroatoms. The Bertz CT molecular complexity index is 532. The van der Waals surface area contributed by atoms with E-state index in [0.29, 0.717) is 17.5 Å². The molecule has 94 valence electrons. The van der Waals surface area contributed by atoms with Crippen LogP contribution in [0.1, 0.15) is 23.6 Å². The fourth-order valence-corrected chi connectivity index (χ4v) is 1.76. The summed E-state index contributed by atoms with van der Waals surface area (Å²) in [4.78, 5) is 21.6. The number of carbonyl (C=O) groups excluding carboxylic acids is 1. The van der Waals surface area contributed by atoms with Crippen molar-refractivity contribution in [2.45, 2.75) is 19.8 Å². The van der Waals surface area contributed by atoms with Gasteiger partial charge in [-0.15, -0.1) is 0 Å². The van der Waals surface area contributed by atoms with Crippen LogP contribution in [0.3, 0.4) is 0 Å². The monoisotopic (exact) mass is 248 g/mol. The van der Waals surface area contributed by atoms with Crippen molar-refractivity contribution in [3.05, 3.63) is 38.9 Å². The topological polar surface area (TPSA) is 93.2 Å². The van der Waals surface area contributed by atoms with Crippen LogP contribution < -0.4 is 0 Å². The summed E-state index contributed by atoms with van der Waals surface area (Å²) in [6.07, 6.45) is 0.338. The molecule has 0 saturated carbocycles. The molecule has 0 unspecified atom stereocenters. The first-order valence-electron chi connectivity index (χ1n) is 5.31. The SMILES string of the molecule is CCc1c(CC(=O)OC)ccc(C#N)c1[N+](=O)[O-]. The Labute approximate surface area is 104 Å². The van der Waals surface area contributed by atoms with Crippen LogP contribution in [0, 0.1) is 21.4 Å². The largest absolute Gasteiger partial charge is 0.469 e. The van der Waals surface area contributed by atoms with E-state index in [1.165, 1.54) is 13.2 Å². The molecule has 6 nitrogen and oxygen atoms in total. The Morgan fingerprint density at radius 1 is 1.56 bits per heavy atom. The highest BCUT2D eigenvalue weighted by Crippen LogP contribution is 2.27. The highest BCUT2D eigenvalue weighted by Gasteiger charge is 2.22. The van der Waals surface area contributed by atoms with Crippen LogP contribution in [-0.2, 0) is 22.4 Å². The molecular formula is C12H12N2O4. The highest BCUT2D eigenvalue weighted by molar-refractivity contribution is 5.74. The van der Waals surface area contributed by atoms with Crippen LogP contribution in [0.5, 0.6) is 0 Å². The lowest BCUT2D eigenvalue weighted by molar-refractivity contribution is -0.385. The number of nitro benzene ring substituents is 1. The average molecular weight is 248 g/mol. The van der Waals surface area contributed by atoms with Crippen molar-refractivity contribution in [3.8, 4) is 6.07 Å². The van der Waals surface area contributed by atoms with Crippen molar-refractivity contribution in [1.82, 2.24) is 0 Å². The minimum Gasteiger partial charge on any atom is -0.469 e. The Kier molecular flexibility index (Phi) is 4.38. The van der Waals surface area contributed by atoms with Crippen LogP contribution in [0.2, 0.25) is 0 Å². The number of esters is 1. The normalized spacial score (nSPS) is 9.61. The molecule has 0 atom stereocenters. The molecule has 1 aromatic carbocycles. The predicted molar refractivity (Wildman–Crippen MR) is 62.9 cm³/mol. The first-order valence-corrected chi connectivity index (χ1v) is 5.31. The van der Waals surface area contributed by atoms with Gasteiger partial charge in [-0.25, -0.2) is 0 Å². The highest BCUT2D eigenvalue weighted by atomic mass is 16.6. The molecule has 0 aliphatic carbocycles. The van der Waals surface area contributed by atoms with Crippen molar-refractivity contribution >= 4 is 11.7 Å². The van der Waals surface area contributed by atoms with Gasteiger partial charge in [-0.1, -0.05) is 13.0 Å². The minimum atomic E-state index is -0.585. The molecule has 0 amide bonds. The molecule has 0 saturated heterocycles. The predicted octanol–water partition coefficient (Wildman–Crippen LogP) is 1.74. The molecule has 0 bridgehead atoms. The van der Waals surface area contributed by atoms with Gasteiger partial charge in [-0.2, -0.15) is 5.26 Å². The molecular weight excluding hydrogens is 236 g/mol. The van der Waals surface area contributed by atoms with E-state index in [-0.39, 0.29) is 17.7 Å². The van der Waals surface area contributed by atoms with Gasteiger partial charge in [0.25, 0.3) is 5.69 Å². The molecule has 0 aliphatic rings. The molecule has 0 N–H and O–H groups in total. The third-order valence-electron chi connectivity index (χ3n) is 2.60. The van der Waals surface area contributed by atoms with E-state index < -0.39 is 10.9 Å². The smallest absolute Gasteiger partial charge is 0.309 e. The van der Waals surface area contributed by atoms with Crippen LogP contribution in [0.25, 0.3) is 0 Å². The zero-order valence-electron chi connectivity index (χ0n) is 10.1. The van der Waals surface area contributed by atoms with E-state index in [9.17, 15) is 14.9 Å². The average Bonchev–Trinajstić information content (AvgIpc) is 2.37. The van der Waals surface area contributed by atoms with Gasteiger partial charge in [0.2, 0.25) is 0 Å². The molecule has 0 aromatic heterocycles. The maximum atomic E-state index is 11.2. The first-order chi connectivity index (χ1) is 8.54. The zero-order valence-corrected chi connectivity index (χ0v) is 10.1. The van der Waals surface area contributed by atoms with E-state index in [2.05, 4.69) is 4.74 Å². The fraction of sp³-hybridized carbons (Fsp3) is 0.333. The van der Waals surface area contributed by atoms with Gasteiger partial charge in [-0.3, -0.25) is 14.9 Å². The lowest BCUT2D eigenvalue weighted by atomic mass is 9.97. The van der Waals surface area contributed by atoms with Crippen LogP contribution in [0.15, 0.2) is 12.1 Å². The number of ether oxygens (including phenoxy) is 1. The lowest BCUT2D eigenvalue weighted by Gasteiger charge is -2.08. The fourth-order valence-electron chi connectivity index (χ4n) is 1.76. The number of carbonyl (C=O) groups is 1. The molecule has 0 fully saturated rings. The Hall–Kier alpha value is -2.42. The third-order valence-corrected chi connectivity index (χ3v) is 2.60. The number of nitrogens with zero attached hydrogens (tertiary/aromatic N) is 2. The van der Waals surface area contributed by atoms with E-state index in [0.717, 1.165) is 0 Å². The Balaban J connectivity index is 3.39. The van der Waals surface area contributed by atoms with Crippen molar-refractivity contribution < 1.29 is 14.5 Å². The molecule has 1 rings (SSSR count). The van der Waals surface area contributed by atoms with Gasteiger partial charge < -0.3 is 4.74 Å². The second kappa shape index (κ2) is 5.77. The third kappa shape index (κ3) is 2.63. The summed E-state index contributed by atoms with van der Waals surface area (Å²) in [6, 6.07) is 4.70. The molecule has 0 aliphatic heterocycles. The number of benzene rings is 1. The summed E-state index contributed by atoms with van der Waals surface area (Å²) in [7, 11) is 1.26. The molecule has 1 aromatic rings. The van der Waals surface area contributed by atoms with E-state index in [1.807, 2.05) is 0 Å². The number of rotatable bonds is 4. The number of hydrogen-bond donors (Lipinski definition) is 0. The van der Waals surface area contributed by atoms with Gasteiger partial charge in [0, 0.05) is 5.56 Å². The summed E-state index contributed by atoms with van der Waals surface area (Å²) < 4.78 is 4.54. The maximum Gasteiger partial charge on any atom is 0.309 e. The van der Waals surface area contributed by atoms with E-state index >= 15 is 0 Å². The summed E-state index contributed by atoms with van der Waals surface area (Å²) in [6.45, 7) is 1.74. The second-order valence-electron chi connectivity index (χ2n) is 3.57. The van der Waals surface area contributed by atoms with Crippen molar-refractivity contribution in [3.63, 3.8) is 0 Å². The van der Waals surface area contributed by atoms with Gasteiger partial charge in [0.15, 0.2) is 0 Å². The van der Waals surface area contributed by atoms with Crippen molar-refractivity contribution in [1.29, 1.82) is 5.26 Å². The lowest BCUT2D eigenvalue weighted by Crippen LogP contribution is -2.09. The van der Waals surface area contributed by atoms with Crippen LogP contribution in [0.4, 0.5) is 5.69 Å². The van der Waals surface area contributed by atoms with Gasteiger partial charge in [0.05, 0.1) is 18.5 Å². The zero-order chi connectivity index (χ0) is 13.7. The van der Waals surface area contributed by atoms with Gasteiger partial charge in [0.1, 0.15) is 11.6 Å². The summed E-state index contributed by atoms with van der Waals surface area (Å²) in [5.41, 5.74) is 0.714. The van der Waals surface area contributed by atoms with Crippen LogP contribution >= 0.6 is 0 Å².